The normalized spacial score (nSPS) is 19.2. The van der Waals surface area contributed by atoms with E-state index in [4.69, 9.17) is 27.9 Å². The molecule has 0 aromatic heterocycles. The van der Waals surface area contributed by atoms with E-state index in [1.54, 1.807) is 12.1 Å². The molecule has 2 aromatic rings. The smallest absolute Gasteiger partial charge is 0.231 e. The molecule has 4 nitrogen and oxygen atoms in total. The summed E-state index contributed by atoms with van der Waals surface area (Å²) in [5.74, 6) is -0.00239. The van der Waals surface area contributed by atoms with E-state index in [1.165, 1.54) is 37.9 Å². The number of amides is 1. The Kier molecular flexibility index (Phi) is 7.55. The molecule has 2 aliphatic heterocycles. The van der Waals surface area contributed by atoms with E-state index >= 15 is 0 Å². The number of carbonyl (C=O) groups excluding carboxylic acids is 1. The van der Waals surface area contributed by atoms with Crippen molar-refractivity contribution >= 4 is 29.1 Å². The van der Waals surface area contributed by atoms with Crippen LogP contribution < -0.4 is 5.32 Å². The Labute approximate surface area is 194 Å². The van der Waals surface area contributed by atoms with E-state index in [9.17, 15) is 4.79 Å². The Hall–Kier alpha value is -1.59. The highest BCUT2D eigenvalue weighted by Gasteiger charge is 2.42. The Morgan fingerprint density at radius 3 is 2.32 bits per heavy atom. The highest BCUT2D eigenvalue weighted by molar-refractivity contribution is 6.35. The Morgan fingerprint density at radius 2 is 1.65 bits per heavy atom. The highest BCUT2D eigenvalue weighted by Crippen LogP contribution is 2.40. The van der Waals surface area contributed by atoms with Crippen molar-refractivity contribution in [2.24, 2.45) is 0 Å². The average Bonchev–Trinajstić information content (AvgIpc) is 2.79. The first-order valence-electron chi connectivity index (χ1n) is 11.2. The van der Waals surface area contributed by atoms with Gasteiger partial charge >= 0.3 is 0 Å². The van der Waals surface area contributed by atoms with Crippen molar-refractivity contribution in [2.75, 3.05) is 26.3 Å². The molecule has 166 valence electrons. The molecule has 2 aromatic carbocycles. The summed E-state index contributed by atoms with van der Waals surface area (Å²) in [6.45, 7) is 4.96. The zero-order valence-corrected chi connectivity index (χ0v) is 19.4. The molecule has 1 amide bonds. The lowest BCUT2D eigenvalue weighted by Crippen LogP contribution is -2.48. The van der Waals surface area contributed by atoms with Crippen LogP contribution in [0.15, 0.2) is 42.5 Å². The van der Waals surface area contributed by atoms with Crippen LogP contribution in [0, 0.1) is 0 Å². The average molecular weight is 461 g/mol. The van der Waals surface area contributed by atoms with Crippen molar-refractivity contribution in [3.63, 3.8) is 0 Å². The molecule has 2 fully saturated rings. The van der Waals surface area contributed by atoms with Gasteiger partial charge in [-0.2, -0.15) is 0 Å². The van der Waals surface area contributed by atoms with E-state index in [2.05, 4.69) is 34.5 Å². The minimum Gasteiger partial charge on any atom is -0.381 e. The van der Waals surface area contributed by atoms with E-state index in [-0.39, 0.29) is 5.91 Å². The fourth-order valence-corrected chi connectivity index (χ4v) is 5.30. The predicted molar refractivity (Wildman–Crippen MR) is 126 cm³/mol. The molecule has 0 spiro atoms. The van der Waals surface area contributed by atoms with Crippen LogP contribution in [0.1, 0.15) is 48.8 Å². The maximum Gasteiger partial charge on any atom is 0.231 e. The third-order valence-electron chi connectivity index (χ3n) is 6.56. The van der Waals surface area contributed by atoms with Crippen molar-refractivity contribution in [1.82, 2.24) is 10.2 Å². The Morgan fingerprint density at radius 1 is 0.968 bits per heavy atom. The fraction of sp³-hybridized carbons (Fsp3) is 0.480. The molecular formula is C25H30Cl2N2O2. The van der Waals surface area contributed by atoms with Gasteiger partial charge in [0, 0.05) is 36.3 Å². The molecule has 0 aliphatic carbocycles. The number of nitrogens with one attached hydrogen (secondary N) is 1. The van der Waals surface area contributed by atoms with Gasteiger partial charge in [-0.3, -0.25) is 9.69 Å². The molecule has 0 radical (unpaired) electrons. The molecule has 0 saturated carbocycles. The van der Waals surface area contributed by atoms with Gasteiger partial charge in [0.25, 0.3) is 0 Å². The molecular weight excluding hydrogens is 431 g/mol. The third kappa shape index (κ3) is 5.43. The molecule has 6 heteroatoms. The van der Waals surface area contributed by atoms with Gasteiger partial charge in [-0.1, -0.05) is 60.0 Å². The van der Waals surface area contributed by atoms with Gasteiger partial charge in [0.05, 0.1) is 5.41 Å². The number of halogens is 2. The minimum atomic E-state index is -0.686. The van der Waals surface area contributed by atoms with E-state index in [0.717, 1.165) is 17.7 Å². The minimum absolute atomic E-state index is 0.00239. The number of likely N-dealkylation sites (tertiary alicyclic amines) is 1. The number of benzene rings is 2. The second-order valence-corrected chi connectivity index (χ2v) is 9.50. The first kappa shape index (κ1) is 22.6. The lowest BCUT2D eigenvalue weighted by molar-refractivity contribution is -0.130. The number of nitrogens with zero attached hydrogens (tertiary/aromatic N) is 1. The summed E-state index contributed by atoms with van der Waals surface area (Å²) in [4.78, 5) is 15.9. The van der Waals surface area contributed by atoms with Crippen LogP contribution in [0.2, 0.25) is 10.0 Å². The predicted octanol–water partition coefficient (Wildman–Crippen LogP) is 5.34. The van der Waals surface area contributed by atoms with Gasteiger partial charge in [-0.05, 0) is 67.6 Å². The van der Waals surface area contributed by atoms with Crippen molar-refractivity contribution in [2.45, 2.75) is 50.6 Å². The standard InChI is InChI=1S/C25H30Cl2N2O2/c26-21-8-9-22(23(27)16-21)25(10-14-31-15-11-25)24(30)28-17-19-4-6-20(7-5-19)18-29-12-2-1-3-13-29/h4-9,16H,1-3,10-15,17-18H2,(H,28,30). The maximum absolute atomic E-state index is 13.4. The van der Waals surface area contributed by atoms with Gasteiger partial charge < -0.3 is 10.1 Å². The number of hydrogen-bond donors (Lipinski definition) is 1. The largest absolute Gasteiger partial charge is 0.381 e. The summed E-state index contributed by atoms with van der Waals surface area (Å²) >= 11 is 12.6. The summed E-state index contributed by atoms with van der Waals surface area (Å²) in [6, 6.07) is 14.0. The molecule has 31 heavy (non-hydrogen) atoms. The zero-order valence-electron chi connectivity index (χ0n) is 17.8. The zero-order chi connectivity index (χ0) is 21.7. The number of piperidine rings is 1. The fourth-order valence-electron chi connectivity index (χ4n) is 4.71. The van der Waals surface area contributed by atoms with E-state index in [0.29, 0.717) is 42.6 Å². The molecule has 2 aliphatic rings. The quantitative estimate of drug-likeness (QED) is 0.631. The Bertz CT molecular complexity index is 889. The molecule has 2 saturated heterocycles. The van der Waals surface area contributed by atoms with Crippen molar-refractivity contribution in [1.29, 1.82) is 0 Å². The first-order chi connectivity index (χ1) is 15.1. The second-order valence-electron chi connectivity index (χ2n) is 8.65. The van der Waals surface area contributed by atoms with Gasteiger partial charge in [0.1, 0.15) is 0 Å². The molecule has 1 N–H and O–H groups in total. The van der Waals surface area contributed by atoms with Crippen LogP contribution in [0.4, 0.5) is 0 Å². The number of rotatable bonds is 6. The van der Waals surface area contributed by atoms with Crippen LogP contribution in [0.5, 0.6) is 0 Å². The van der Waals surface area contributed by atoms with Crippen LogP contribution in [0.25, 0.3) is 0 Å². The van der Waals surface area contributed by atoms with Crippen LogP contribution in [0.3, 0.4) is 0 Å². The monoisotopic (exact) mass is 460 g/mol. The summed E-state index contributed by atoms with van der Waals surface area (Å²) in [5.41, 5.74) is 2.57. The topological polar surface area (TPSA) is 41.6 Å². The van der Waals surface area contributed by atoms with Gasteiger partial charge in [-0.15, -0.1) is 0 Å². The van der Waals surface area contributed by atoms with Crippen molar-refractivity contribution < 1.29 is 9.53 Å². The van der Waals surface area contributed by atoms with E-state index < -0.39 is 5.41 Å². The summed E-state index contributed by atoms with van der Waals surface area (Å²) < 4.78 is 5.55. The molecule has 4 rings (SSSR count). The lowest BCUT2D eigenvalue weighted by Gasteiger charge is -2.37. The highest BCUT2D eigenvalue weighted by atomic mass is 35.5. The summed E-state index contributed by atoms with van der Waals surface area (Å²) in [5, 5.41) is 4.26. The van der Waals surface area contributed by atoms with E-state index in [1.807, 2.05) is 6.07 Å². The first-order valence-corrected chi connectivity index (χ1v) is 11.9. The number of hydrogen-bond acceptors (Lipinski definition) is 3. The number of ether oxygens (including phenoxy) is 1. The number of carbonyl (C=O) groups is 1. The SMILES string of the molecule is O=C(NCc1ccc(CN2CCCCC2)cc1)C1(c2ccc(Cl)cc2Cl)CCOCC1. The molecule has 0 unspecified atom stereocenters. The van der Waals surface area contributed by atoms with Crippen LogP contribution >= 0.6 is 23.2 Å². The van der Waals surface area contributed by atoms with Gasteiger partial charge in [-0.25, -0.2) is 0 Å². The molecule has 0 bridgehead atoms. The maximum atomic E-state index is 13.4. The van der Waals surface area contributed by atoms with Gasteiger partial charge in [0.15, 0.2) is 0 Å². The molecule has 0 atom stereocenters. The van der Waals surface area contributed by atoms with Crippen molar-refractivity contribution in [3.05, 3.63) is 69.2 Å². The second kappa shape index (κ2) is 10.4. The molecule has 2 heterocycles. The van der Waals surface area contributed by atoms with Crippen molar-refractivity contribution in [3.8, 4) is 0 Å². The lowest BCUT2D eigenvalue weighted by atomic mass is 9.73. The van der Waals surface area contributed by atoms with Crippen LogP contribution in [-0.2, 0) is 28.0 Å². The van der Waals surface area contributed by atoms with Gasteiger partial charge in [0.2, 0.25) is 5.91 Å². The summed E-state index contributed by atoms with van der Waals surface area (Å²) in [7, 11) is 0. The third-order valence-corrected chi connectivity index (χ3v) is 7.11. The Balaban J connectivity index is 1.42. The van der Waals surface area contributed by atoms with Crippen LogP contribution in [-0.4, -0.2) is 37.1 Å². The summed E-state index contributed by atoms with van der Waals surface area (Å²) in [6.07, 6.45) is 5.16.